The summed E-state index contributed by atoms with van der Waals surface area (Å²) in [6, 6.07) is 3.42. The summed E-state index contributed by atoms with van der Waals surface area (Å²) in [4.78, 5) is 34.0. The number of carbonyl (C=O) groups excluding carboxylic acids is 1. The number of ether oxygens (including phenoxy) is 1. The quantitative estimate of drug-likeness (QED) is 0.920. The van der Waals surface area contributed by atoms with Crippen molar-refractivity contribution in [2.75, 3.05) is 19.7 Å². The molecule has 3 heterocycles. The molecule has 1 aliphatic heterocycles. The Morgan fingerprint density at radius 1 is 1.40 bits per heavy atom. The molecule has 1 unspecified atom stereocenters. The summed E-state index contributed by atoms with van der Waals surface area (Å²) in [6.07, 6.45) is 1.64. The van der Waals surface area contributed by atoms with E-state index < -0.39 is 0 Å². The van der Waals surface area contributed by atoms with Crippen LogP contribution in [0.15, 0.2) is 23.1 Å². The molecule has 1 N–H and O–H groups in total. The lowest BCUT2D eigenvalue weighted by Crippen LogP contribution is -2.44. The van der Waals surface area contributed by atoms with Crippen LogP contribution in [0.5, 0.6) is 0 Å². The molecule has 7 heteroatoms. The highest BCUT2D eigenvalue weighted by Crippen LogP contribution is 2.22. The number of carbonyl (C=O) groups is 1. The zero-order chi connectivity index (χ0) is 18.1. The van der Waals surface area contributed by atoms with Crippen molar-refractivity contribution in [1.29, 1.82) is 0 Å². The molecule has 0 saturated carbocycles. The number of rotatable bonds is 3. The Balaban J connectivity index is 1.80. The average molecular weight is 344 g/mol. The third-order valence-electron chi connectivity index (χ3n) is 4.46. The van der Waals surface area contributed by atoms with Crippen LogP contribution >= 0.6 is 0 Å². The molecule has 0 radical (unpaired) electrons. The molecule has 2 aromatic rings. The van der Waals surface area contributed by atoms with E-state index in [9.17, 15) is 9.59 Å². The summed E-state index contributed by atoms with van der Waals surface area (Å²) in [6.45, 7) is 7.18. The van der Waals surface area contributed by atoms with Crippen LogP contribution in [-0.4, -0.2) is 45.0 Å². The number of hydrogen-bond donors (Lipinski definition) is 1. The fraction of sp³-hybridized carbons (Fsp3) is 0.500. The van der Waals surface area contributed by atoms with Crippen LogP contribution in [0, 0.1) is 6.92 Å². The van der Waals surface area contributed by atoms with Gasteiger partial charge in [0.15, 0.2) is 0 Å². The highest BCUT2D eigenvalue weighted by atomic mass is 16.5. The maximum absolute atomic E-state index is 12.8. The number of imidazole rings is 1. The Kier molecular flexibility index (Phi) is 4.76. The van der Waals surface area contributed by atoms with E-state index in [4.69, 9.17) is 4.74 Å². The summed E-state index contributed by atoms with van der Waals surface area (Å²) >= 11 is 0. The zero-order valence-electron chi connectivity index (χ0n) is 15.1. The zero-order valence-corrected chi connectivity index (χ0v) is 15.1. The van der Waals surface area contributed by atoms with Crippen LogP contribution in [0.3, 0.4) is 0 Å². The molecular formula is C18H24N4O3. The Morgan fingerprint density at radius 3 is 2.76 bits per heavy atom. The maximum atomic E-state index is 12.8. The number of hydrogen-bond acceptors (Lipinski definition) is 4. The number of nitrogens with zero attached hydrogens (tertiary/aromatic N) is 3. The van der Waals surface area contributed by atoms with Crippen molar-refractivity contribution in [2.45, 2.75) is 32.8 Å². The van der Waals surface area contributed by atoms with Gasteiger partial charge in [-0.15, -0.1) is 0 Å². The van der Waals surface area contributed by atoms with Gasteiger partial charge in [0, 0.05) is 25.5 Å². The van der Waals surface area contributed by atoms with Crippen LogP contribution in [0.2, 0.25) is 0 Å². The van der Waals surface area contributed by atoms with Crippen LogP contribution in [0.25, 0.3) is 0 Å². The van der Waals surface area contributed by atoms with E-state index in [1.54, 1.807) is 17.0 Å². The summed E-state index contributed by atoms with van der Waals surface area (Å²) in [7, 11) is 1.91. The predicted octanol–water partition coefficient (Wildman–Crippen LogP) is 1.75. The van der Waals surface area contributed by atoms with Crippen molar-refractivity contribution in [2.24, 2.45) is 7.05 Å². The number of H-pyrrole nitrogens is 1. The van der Waals surface area contributed by atoms with Gasteiger partial charge < -0.3 is 19.2 Å². The smallest absolute Gasteiger partial charge is 0.261 e. The van der Waals surface area contributed by atoms with E-state index in [2.05, 4.69) is 9.97 Å². The fourth-order valence-corrected chi connectivity index (χ4v) is 3.09. The monoisotopic (exact) mass is 344 g/mol. The van der Waals surface area contributed by atoms with Gasteiger partial charge in [-0.3, -0.25) is 9.59 Å². The molecule has 0 aromatic carbocycles. The molecule has 0 spiro atoms. The lowest BCUT2D eigenvalue weighted by Gasteiger charge is -2.32. The molecule has 3 rings (SSSR count). The van der Waals surface area contributed by atoms with Crippen molar-refractivity contribution in [1.82, 2.24) is 19.4 Å². The van der Waals surface area contributed by atoms with Gasteiger partial charge in [-0.2, -0.15) is 0 Å². The van der Waals surface area contributed by atoms with Crippen LogP contribution in [-0.2, 0) is 11.8 Å². The summed E-state index contributed by atoms with van der Waals surface area (Å²) in [5.74, 6) is 0.728. The molecule has 7 nitrogen and oxygen atoms in total. The number of nitrogens with one attached hydrogen (secondary N) is 1. The second-order valence-corrected chi connectivity index (χ2v) is 6.77. The van der Waals surface area contributed by atoms with Crippen molar-refractivity contribution >= 4 is 5.91 Å². The molecule has 1 fully saturated rings. The largest absolute Gasteiger partial charge is 0.367 e. The number of amides is 1. The molecule has 1 saturated heterocycles. The fourth-order valence-electron chi connectivity index (χ4n) is 3.09. The van der Waals surface area contributed by atoms with E-state index in [1.807, 2.05) is 38.6 Å². The topological polar surface area (TPSA) is 80.2 Å². The molecule has 1 atom stereocenters. The standard InChI is InChI=1S/C18H24N4O3/c1-11(2)14-6-5-13(17(23)20-14)18(24)22-7-8-25-15(10-22)16-19-12(3)9-21(16)4/h5-6,9,11,15H,7-8,10H2,1-4H3,(H,20,23). The number of morpholine rings is 1. The third kappa shape index (κ3) is 3.51. The first-order valence-corrected chi connectivity index (χ1v) is 8.50. The van der Waals surface area contributed by atoms with E-state index in [1.165, 1.54) is 0 Å². The minimum absolute atomic E-state index is 0.168. The first-order chi connectivity index (χ1) is 11.9. The Hall–Kier alpha value is -2.41. The lowest BCUT2D eigenvalue weighted by molar-refractivity contribution is -0.0280. The van der Waals surface area contributed by atoms with E-state index in [-0.39, 0.29) is 29.1 Å². The SMILES string of the molecule is Cc1cn(C)c(C2CN(C(=O)c3ccc(C(C)C)[nH]c3=O)CCO2)n1. The minimum Gasteiger partial charge on any atom is -0.367 e. The van der Waals surface area contributed by atoms with Gasteiger partial charge in [0.2, 0.25) is 0 Å². The number of aryl methyl sites for hydroxylation is 2. The lowest BCUT2D eigenvalue weighted by atomic mass is 10.1. The highest BCUT2D eigenvalue weighted by molar-refractivity contribution is 5.93. The van der Waals surface area contributed by atoms with Crippen molar-refractivity contribution in [3.05, 3.63) is 51.5 Å². The van der Waals surface area contributed by atoms with Crippen LogP contribution < -0.4 is 5.56 Å². The Bertz CT molecular complexity index is 837. The van der Waals surface area contributed by atoms with Gasteiger partial charge in [-0.25, -0.2) is 4.98 Å². The maximum Gasteiger partial charge on any atom is 0.261 e. The Labute approximate surface area is 146 Å². The summed E-state index contributed by atoms with van der Waals surface area (Å²) in [5, 5.41) is 0. The van der Waals surface area contributed by atoms with Gasteiger partial charge in [0.05, 0.1) is 18.8 Å². The van der Waals surface area contributed by atoms with Gasteiger partial charge in [-0.05, 0) is 25.0 Å². The van der Waals surface area contributed by atoms with Gasteiger partial charge in [-0.1, -0.05) is 13.8 Å². The predicted molar refractivity (Wildman–Crippen MR) is 93.7 cm³/mol. The first-order valence-electron chi connectivity index (χ1n) is 8.50. The molecule has 1 aliphatic rings. The molecule has 25 heavy (non-hydrogen) atoms. The summed E-state index contributed by atoms with van der Waals surface area (Å²) in [5.41, 5.74) is 1.56. The molecule has 1 amide bonds. The molecule has 134 valence electrons. The van der Waals surface area contributed by atoms with Crippen molar-refractivity contribution in [3.63, 3.8) is 0 Å². The van der Waals surface area contributed by atoms with E-state index in [0.717, 1.165) is 17.2 Å². The Morgan fingerprint density at radius 2 is 2.16 bits per heavy atom. The van der Waals surface area contributed by atoms with E-state index in [0.29, 0.717) is 19.7 Å². The molecule has 0 bridgehead atoms. The number of pyridine rings is 1. The number of aromatic amines is 1. The average Bonchev–Trinajstić information content (AvgIpc) is 2.92. The van der Waals surface area contributed by atoms with Gasteiger partial charge >= 0.3 is 0 Å². The summed E-state index contributed by atoms with van der Waals surface area (Å²) < 4.78 is 7.71. The van der Waals surface area contributed by atoms with Crippen molar-refractivity contribution in [3.8, 4) is 0 Å². The van der Waals surface area contributed by atoms with Gasteiger partial charge in [0.25, 0.3) is 11.5 Å². The van der Waals surface area contributed by atoms with E-state index >= 15 is 0 Å². The number of aromatic nitrogens is 3. The minimum atomic E-state index is -0.341. The second-order valence-electron chi connectivity index (χ2n) is 6.77. The van der Waals surface area contributed by atoms with Crippen LogP contribution in [0.1, 0.15) is 53.4 Å². The molecular weight excluding hydrogens is 320 g/mol. The second kappa shape index (κ2) is 6.84. The third-order valence-corrected chi connectivity index (χ3v) is 4.46. The first kappa shape index (κ1) is 17.4. The molecule has 0 aliphatic carbocycles. The van der Waals surface area contributed by atoms with Gasteiger partial charge in [0.1, 0.15) is 17.5 Å². The highest BCUT2D eigenvalue weighted by Gasteiger charge is 2.29. The molecule has 2 aromatic heterocycles. The van der Waals surface area contributed by atoms with Crippen molar-refractivity contribution < 1.29 is 9.53 Å². The normalized spacial score (nSPS) is 18.0. The van der Waals surface area contributed by atoms with Crippen LogP contribution in [0.4, 0.5) is 0 Å².